The van der Waals surface area contributed by atoms with E-state index in [1.54, 1.807) is 31.1 Å². The van der Waals surface area contributed by atoms with Gasteiger partial charge in [0.05, 0.1) is 5.69 Å². The summed E-state index contributed by atoms with van der Waals surface area (Å²) < 4.78 is 14.1. The molecule has 4 nitrogen and oxygen atoms in total. The maximum Gasteiger partial charge on any atom is 0.221 e. The van der Waals surface area contributed by atoms with Crippen LogP contribution in [0.25, 0.3) is 0 Å². The Morgan fingerprint density at radius 2 is 2.10 bits per heavy atom. The first-order valence-electron chi connectivity index (χ1n) is 7.35. The van der Waals surface area contributed by atoms with Gasteiger partial charge in [-0.15, -0.1) is 0 Å². The van der Waals surface area contributed by atoms with E-state index in [-0.39, 0.29) is 11.7 Å². The fourth-order valence-electron chi connectivity index (χ4n) is 1.99. The lowest BCUT2D eigenvalue weighted by molar-refractivity contribution is -0.120. The van der Waals surface area contributed by atoms with E-state index in [0.717, 1.165) is 12.1 Å². The third-order valence-corrected chi connectivity index (χ3v) is 3.26. The minimum Gasteiger partial charge on any atom is -0.372 e. The molecule has 0 bridgehead atoms. The summed E-state index contributed by atoms with van der Waals surface area (Å²) in [5, 5.41) is 5.85. The Morgan fingerprint density at radius 1 is 1.38 bits per heavy atom. The topological polar surface area (TPSA) is 44.4 Å². The van der Waals surface area contributed by atoms with Crippen molar-refractivity contribution in [1.82, 2.24) is 10.6 Å². The smallest absolute Gasteiger partial charge is 0.221 e. The highest BCUT2D eigenvalue weighted by atomic mass is 19.1. The summed E-state index contributed by atoms with van der Waals surface area (Å²) in [7, 11) is 3.39. The van der Waals surface area contributed by atoms with E-state index < -0.39 is 0 Å². The molecule has 0 radical (unpaired) electrons. The van der Waals surface area contributed by atoms with Crippen molar-refractivity contribution in [1.29, 1.82) is 0 Å². The maximum absolute atomic E-state index is 14.1. The number of halogens is 1. The fourth-order valence-corrected chi connectivity index (χ4v) is 1.99. The lowest BCUT2D eigenvalue weighted by atomic mass is 10.1. The largest absolute Gasteiger partial charge is 0.372 e. The molecule has 0 aliphatic rings. The second-order valence-corrected chi connectivity index (χ2v) is 5.66. The number of amides is 1. The van der Waals surface area contributed by atoms with E-state index in [4.69, 9.17) is 0 Å². The van der Waals surface area contributed by atoms with Crippen LogP contribution in [-0.2, 0) is 11.3 Å². The van der Waals surface area contributed by atoms with Crippen molar-refractivity contribution in [3.8, 4) is 0 Å². The molecule has 0 aliphatic carbocycles. The van der Waals surface area contributed by atoms with Gasteiger partial charge < -0.3 is 15.5 Å². The molecule has 0 spiro atoms. The zero-order valence-corrected chi connectivity index (χ0v) is 13.4. The van der Waals surface area contributed by atoms with E-state index in [1.165, 1.54) is 0 Å². The number of rotatable bonds is 8. The predicted octanol–water partition coefficient (Wildman–Crippen LogP) is 2.14. The molecule has 0 aliphatic heterocycles. The molecule has 2 N–H and O–H groups in total. The molecule has 0 aromatic heterocycles. The standard InChI is InChI=1S/C16H26FN3O/c1-12(2)10-19-11-13-5-6-15(14(17)9-13)20(4)8-7-16(21)18-3/h5-6,9,12,19H,7-8,10-11H2,1-4H3,(H,18,21). The number of hydrogen-bond donors (Lipinski definition) is 2. The van der Waals surface area contributed by atoms with E-state index in [0.29, 0.717) is 31.1 Å². The zero-order chi connectivity index (χ0) is 15.8. The van der Waals surface area contributed by atoms with Crippen molar-refractivity contribution in [2.45, 2.75) is 26.8 Å². The molecule has 0 atom stereocenters. The molecule has 1 aromatic carbocycles. The molecule has 0 unspecified atom stereocenters. The van der Waals surface area contributed by atoms with Crippen LogP contribution < -0.4 is 15.5 Å². The molecule has 0 fully saturated rings. The molecule has 1 rings (SSSR count). The Balaban J connectivity index is 2.58. The highest BCUT2D eigenvalue weighted by molar-refractivity contribution is 5.76. The lowest BCUT2D eigenvalue weighted by Gasteiger charge is -2.20. The zero-order valence-electron chi connectivity index (χ0n) is 13.4. The number of carbonyl (C=O) groups is 1. The normalized spacial score (nSPS) is 10.8. The van der Waals surface area contributed by atoms with Gasteiger partial charge in [-0.2, -0.15) is 0 Å². The number of anilines is 1. The van der Waals surface area contributed by atoms with Crippen LogP contribution in [0.5, 0.6) is 0 Å². The molecule has 118 valence electrons. The third-order valence-electron chi connectivity index (χ3n) is 3.26. The van der Waals surface area contributed by atoms with Crippen molar-refractivity contribution in [2.24, 2.45) is 5.92 Å². The summed E-state index contributed by atoms with van der Waals surface area (Å²) in [6.07, 6.45) is 0.351. The molecule has 0 heterocycles. The number of nitrogens with one attached hydrogen (secondary N) is 2. The Labute approximate surface area is 126 Å². The van der Waals surface area contributed by atoms with E-state index >= 15 is 0 Å². The molecule has 1 aromatic rings. The summed E-state index contributed by atoms with van der Waals surface area (Å²) in [5.74, 6) is 0.278. The highest BCUT2D eigenvalue weighted by Gasteiger charge is 2.10. The van der Waals surface area contributed by atoms with Crippen LogP contribution in [-0.4, -0.2) is 33.1 Å². The van der Waals surface area contributed by atoms with Crippen molar-refractivity contribution < 1.29 is 9.18 Å². The monoisotopic (exact) mass is 295 g/mol. The Bertz CT molecular complexity index is 463. The van der Waals surface area contributed by atoms with Crippen LogP contribution in [0.3, 0.4) is 0 Å². The van der Waals surface area contributed by atoms with Crippen molar-refractivity contribution in [2.75, 3.05) is 32.1 Å². The minimum absolute atomic E-state index is 0.0447. The van der Waals surface area contributed by atoms with Gasteiger partial charge in [0.25, 0.3) is 0 Å². The first-order chi connectivity index (χ1) is 9.93. The van der Waals surface area contributed by atoms with Gasteiger partial charge in [0.15, 0.2) is 0 Å². The number of benzene rings is 1. The van der Waals surface area contributed by atoms with Crippen molar-refractivity contribution in [3.63, 3.8) is 0 Å². The van der Waals surface area contributed by atoms with Gasteiger partial charge in [-0.3, -0.25) is 4.79 Å². The Kier molecular flexibility index (Phi) is 7.15. The molecule has 5 heteroatoms. The molecule has 21 heavy (non-hydrogen) atoms. The molecule has 0 saturated carbocycles. The summed E-state index contributed by atoms with van der Waals surface area (Å²) in [6, 6.07) is 5.24. The number of hydrogen-bond acceptors (Lipinski definition) is 3. The van der Waals surface area contributed by atoms with Crippen LogP contribution in [0.2, 0.25) is 0 Å². The Hall–Kier alpha value is -1.62. The summed E-state index contributed by atoms with van der Waals surface area (Å²) >= 11 is 0. The van der Waals surface area contributed by atoms with Gasteiger partial charge in [0.2, 0.25) is 5.91 Å². The highest BCUT2D eigenvalue weighted by Crippen LogP contribution is 2.19. The summed E-state index contributed by atoms with van der Waals surface area (Å²) in [4.78, 5) is 13.0. The van der Waals surface area contributed by atoms with E-state index in [1.807, 2.05) is 6.07 Å². The quantitative estimate of drug-likeness (QED) is 0.772. The predicted molar refractivity (Wildman–Crippen MR) is 84.9 cm³/mol. The third kappa shape index (κ3) is 6.12. The second kappa shape index (κ2) is 8.62. The first-order valence-corrected chi connectivity index (χ1v) is 7.35. The second-order valence-electron chi connectivity index (χ2n) is 5.66. The average Bonchev–Trinajstić information content (AvgIpc) is 2.44. The van der Waals surface area contributed by atoms with Crippen LogP contribution >= 0.6 is 0 Å². The number of nitrogens with zero attached hydrogens (tertiary/aromatic N) is 1. The summed E-state index contributed by atoms with van der Waals surface area (Å²) in [5.41, 5.74) is 1.45. The van der Waals surface area contributed by atoms with Gasteiger partial charge in [-0.1, -0.05) is 19.9 Å². The van der Waals surface area contributed by atoms with Crippen molar-refractivity contribution >= 4 is 11.6 Å². The van der Waals surface area contributed by atoms with Crippen LogP contribution in [0, 0.1) is 11.7 Å². The van der Waals surface area contributed by atoms with Crippen LogP contribution in [0.15, 0.2) is 18.2 Å². The Morgan fingerprint density at radius 3 is 2.67 bits per heavy atom. The van der Waals surface area contributed by atoms with E-state index in [9.17, 15) is 9.18 Å². The first kappa shape index (κ1) is 17.4. The van der Waals surface area contributed by atoms with Gasteiger partial charge in [-0.05, 0) is 30.2 Å². The number of carbonyl (C=O) groups excluding carboxylic acids is 1. The molecular formula is C16H26FN3O. The van der Waals surface area contributed by atoms with Gasteiger partial charge in [-0.25, -0.2) is 4.39 Å². The molecule has 0 saturated heterocycles. The van der Waals surface area contributed by atoms with Gasteiger partial charge >= 0.3 is 0 Å². The maximum atomic E-state index is 14.1. The van der Waals surface area contributed by atoms with Crippen LogP contribution in [0.1, 0.15) is 25.8 Å². The average molecular weight is 295 g/mol. The minimum atomic E-state index is -0.252. The summed E-state index contributed by atoms with van der Waals surface area (Å²) in [6.45, 7) is 6.34. The van der Waals surface area contributed by atoms with Gasteiger partial charge in [0.1, 0.15) is 5.82 Å². The molecular weight excluding hydrogens is 269 g/mol. The van der Waals surface area contributed by atoms with Gasteiger partial charge in [0, 0.05) is 33.6 Å². The fraction of sp³-hybridized carbons (Fsp3) is 0.562. The van der Waals surface area contributed by atoms with Crippen LogP contribution in [0.4, 0.5) is 10.1 Å². The van der Waals surface area contributed by atoms with E-state index in [2.05, 4.69) is 24.5 Å². The molecule has 1 amide bonds. The van der Waals surface area contributed by atoms with Crippen molar-refractivity contribution in [3.05, 3.63) is 29.6 Å². The SMILES string of the molecule is CNC(=O)CCN(C)c1ccc(CNCC(C)C)cc1F. The lowest BCUT2D eigenvalue weighted by Crippen LogP contribution is -2.27.